The number of rotatable bonds is 3. The van der Waals surface area contributed by atoms with Gasteiger partial charge in [0, 0.05) is 17.7 Å². The molecule has 5 heteroatoms. The summed E-state index contributed by atoms with van der Waals surface area (Å²) in [5.74, 6) is 5.19. The third-order valence-electron chi connectivity index (χ3n) is 1.95. The summed E-state index contributed by atoms with van der Waals surface area (Å²) >= 11 is 0. The number of hydrogen-bond donors (Lipinski definition) is 4. The van der Waals surface area contributed by atoms with Crippen molar-refractivity contribution < 1.29 is 10.5 Å². The van der Waals surface area contributed by atoms with Crippen LogP contribution in [0.15, 0.2) is 18.2 Å². The molecule has 1 amide bonds. The van der Waals surface area contributed by atoms with Gasteiger partial charge in [-0.2, -0.15) is 0 Å². The monoisotopic (exact) mass is 209 g/mol. The van der Waals surface area contributed by atoms with Crippen molar-refractivity contribution in [2.45, 2.75) is 19.9 Å². The molecular weight excluding hydrogens is 192 g/mol. The van der Waals surface area contributed by atoms with E-state index in [4.69, 9.17) is 5.84 Å². The average Bonchev–Trinajstić information content (AvgIpc) is 2.17. The first-order valence-electron chi connectivity index (χ1n) is 4.78. The Kier molecular flexibility index (Phi) is 3.65. The molecule has 0 fully saturated rings. The van der Waals surface area contributed by atoms with E-state index in [0.717, 1.165) is 5.69 Å². The van der Waals surface area contributed by atoms with Crippen LogP contribution in [-0.4, -0.2) is 11.9 Å². The Morgan fingerprint density at radius 1 is 1.47 bits per heavy atom. The van der Waals surface area contributed by atoms with Crippen molar-refractivity contribution in [2.75, 3.05) is 5.43 Å². The Balaban J connectivity index is 2.91. The molecule has 0 spiro atoms. The molecule has 0 heterocycles. The first-order chi connectivity index (χ1) is 7.04. The van der Waals surface area contributed by atoms with E-state index in [1.165, 1.54) is 0 Å². The lowest BCUT2D eigenvalue weighted by atomic mass is 10.1. The Hall–Kier alpha value is -1.59. The number of hydrogen-bond acceptors (Lipinski definition) is 3. The number of nitrogens with one attached hydrogen (secondary N) is 2. The summed E-state index contributed by atoms with van der Waals surface area (Å²) in [6, 6.07) is 5.27. The van der Waals surface area contributed by atoms with Crippen LogP contribution in [0.3, 0.4) is 0 Å². The highest BCUT2D eigenvalue weighted by atomic mass is 16.1. The van der Waals surface area contributed by atoms with Gasteiger partial charge in [0.05, 0.1) is 0 Å². The summed E-state index contributed by atoms with van der Waals surface area (Å²) in [4.78, 5) is 11.6. The zero-order chi connectivity index (χ0) is 11.4. The summed E-state index contributed by atoms with van der Waals surface area (Å²) in [6.45, 7) is 3.82. The molecule has 1 aromatic rings. The van der Waals surface area contributed by atoms with Crippen LogP contribution in [-0.2, 0) is 0 Å². The van der Waals surface area contributed by atoms with Crippen molar-refractivity contribution in [1.29, 1.82) is 0 Å². The minimum atomic E-state index is -0.110. The predicted molar refractivity (Wildman–Crippen MR) is 59.4 cm³/mol. The molecule has 82 valence electrons. The number of carbonyl (C=O) groups excluding carboxylic acids is 1. The van der Waals surface area contributed by atoms with E-state index in [1.54, 1.807) is 18.2 Å². The fourth-order valence-electron chi connectivity index (χ4n) is 1.20. The number of nitrogen functional groups attached to an aromatic ring is 1. The zero-order valence-electron chi connectivity index (χ0n) is 9.00. The second-order valence-electron chi connectivity index (χ2n) is 3.64. The van der Waals surface area contributed by atoms with E-state index in [-0.39, 0.29) is 11.9 Å². The molecule has 0 aliphatic heterocycles. The molecule has 0 aromatic heterocycles. The number of benzene rings is 1. The van der Waals surface area contributed by atoms with Crippen LogP contribution in [0.4, 0.5) is 11.4 Å². The van der Waals surface area contributed by atoms with Gasteiger partial charge in [0.15, 0.2) is 5.69 Å². The van der Waals surface area contributed by atoms with Crippen LogP contribution in [0.2, 0.25) is 0 Å². The van der Waals surface area contributed by atoms with Gasteiger partial charge in [-0.1, -0.05) is 0 Å². The summed E-state index contributed by atoms with van der Waals surface area (Å²) in [5, 5.41) is 2.80. The number of carbonyl (C=O) groups is 1. The van der Waals surface area contributed by atoms with E-state index < -0.39 is 0 Å². The van der Waals surface area contributed by atoms with Gasteiger partial charge in [0.1, 0.15) is 5.69 Å². The Morgan fingerprint density at radius 3 is 2.67 bits per heavy atom. The van der Waals surface area contributed by atoms with Crippen LogP contribution in [0.5, 0.6) is 0 Å². The highest BCUT2D eigenvalue weighted by Gasteiger charge is 2.09. The van der Waals surface area contributed by atoms with E-state index in [0.29, 0.717) is 11.3 Å². The molecule has 0 aliphatic carbocycles. The van der Waals surface area contributed by atoms with Gasteiger partial charge in [-0.3, -0.25) is 10.6 Å². The minimum absolute atomic E-state index is 0.110. The predicted octanol–water partition coefficient (Wildman–Crippen LogP) is -0.0162. The van der Waals surface area contributed by atoms with Crippen molar-refractivity contribution in [2.24, 2.45) is 5.84 Å². The molecule has 0 aliphatic rings. The molecular formula is C10H17N4O+. The molecule has 0 bridgehead atoms. The number of quaternary nitrogens is 1. The van der Waals surface area contributed by atoms with Crippen LogP contribution in [0.1, 0.15) is 24.2 Å². The maximum Gasteiger partial charge on any atom is 0.251 e. The average molecular weight is 209 g/mol. The number of nitrogens with two attached hydrogens (primary N) is 1. The molecule has 1 rings (SSSR count). The molecule has 0 saturated heterocycles. The molecule has 15 heavy (non-hydrogen) atoms. The second kappa shape index (κ2) is 4.77. The Bertz CT molecular complexity index is 362. The lowest BCUT2D eigenvalue weighted by Gasteiger charge is -2.09. The largest absolute Gasteiger partial charge is 0.350 e. The van der Waals surface area contributed by atoms with Crippen molar-refractivity contribution in [3.8, 4) is 0 Å². The second-order valence-corrected chi connectivity index (χ2v) is 3.64. The quantitative estimate of drug-likeness (QED) is 0.416. The van der Waals surface area contributed by atoms with Gasteiger partial charge in [0.2, 0.25) is 0 Å². The molecule has 1 aromatic carbocycles. The van der Waals surface area contributed by atoms with Crippen LogP contribution >= 0.6 is 0 Å². The first kappa shape index (κ1) is 11.5. The van der Waals surface area contributed by atoms with Gasteiger partial charge in [-0.05, 0) is 26.0 Å². The third kappa shape index (κ3) is 2.93. The molecule has 0 radical (unpaired) electrons. The lowest BCUT2D eigenvalue weighted by molar-refractivity contribution is -0.253. The van der Waals surface area contributed by atoms with E-state index in [9.17, 15) is 4.79 Å². The maximum atomic E-state index is 11.6. The smallest absolute Gasteiger partial charge is 0.251 e. The summed E-state index contributed by atoms with van der Waals surface area (Å²) in [5.41, 5.74) is 8.27. The van der Waals surface area contributed by atoms with E-state index in [2.05, 4.69) is 16.5 Å². The zero-order valence-corrected chi connectivity index (χ0v) is 9.00. The van der Waals surface area contributed by atoms with Gasteiger partial charge in [0.25, 0.3) is 5.91 Å². The highest BCUT2D eigenvalue weighted by Crippen LogP contribution is 2.17. The minimum Gasteiger partial charge on any atom is -0.350 e. The van der Waals surface area contributed by atoms with Crippen molar-refractivity contribution in [3.05, 3.63) is 23.8 Å². The first-order valence-corrected chi connectivity index (χ1v) is 4.78. The summed E-state index contributed by atoms with van der Waals surface area (Å²) in [7, 11) is 0. The normalized spacial score (nSPS) is 10.2. The lowest BCUT2D eigenvalue weighted by Crippen LogP contribution is -2.41. The van der Waals surface area contributed by atoms with Crippen molar-refractivity contribution in [1.82, 2.24) is 5.32 Å². The fourth-order valence-corrected chi connectivity index (χ4v) is 1.20. The van der Waals surface area contributed by atoms with Gasteiger partial charge < -0.3 is 16.5 Å². The SMILES string of the molecule is CC(C)NC(=O)c1ccc([NH3+])c(NN)c1. The van der Waals surface area contributed by atoms with E-state index >= 15 is 0 Å². The molecule has 0 unspecified atom stereocenters. The molecule has 0 atom stereocenters. The molecule has 0 saturated carbocycles. The third-order valence-corrected chi connectivity index (χ3v) is 1.95. The fraction of sp³-hybridized carbons (Fsp3) is 0.300. The number of anilines is 1. The van der Waals surface area contributed by atoms with Crippen LogP contribution in [0, 0.1) is 0 Å². The van der Waals surface area contributed by atoms with Gasteiger partial charge in [-0.15, -0.1) is 0 Å². The number of hydrazine groups is 1. The molecule has 7 N–H and O–H groups in total. The van der Waals surface area contributed by atoms with Crippen LogP contribution < -0.4 is 22.3 Å². The topological polar surface area (TPSA) is 94.8 Å². The standard InChI is InChI=1S/C10H16N4O/c1-6(2)13-10(15)7-3-4-8(11)9(5-7)14-12/h3-6,14H,11-12H2,1-2H3,(H,13,15)/p+1. The Labute approximate surface area is 88.8 Å². The maximum absolute atomic E-state index is 11.6. The van der Waals surface area contributed by atoms with Gasteiger partial charge in [-0.25, -0.2) is 0 Å². The van der Waals surface area contributed by atoms with Crippen LogP contribution in [0.25, 0.3) is 0 Å². The highest BCUT2D eigenvalue weighted by molar-refractivity contribution is 5.96. The molecule has 5 nitrogen and oxygen atoms in total. The Morgan fingerprint density at radius 2 is 2.13 bits per heavy atom. The summed E-state index contributed by atoms with van der Waals surface area (Å²) in [6.07, 6.45) is 0. The number of amides is 1. The summed E-state index contributed by atoms with van der Waals surface area (Å²) < 4.78 is 0. The van der Waals surface area contributed by atoms with Crippen molar-refractivity contribution in [3.63, 3.8) is 0 Å². The van der Waals surface area contributed by atoms with Gasteiger partial charge >= 0.3 is 0 Å². The van der Waals surface area contributed by atoms with E-state index in [1.807, 2.05) is 13.8 Å². The van der Waals surface area contributed by atoms with Crippen molar-refractivity contribution >= 4 is 17.3 Å².